The van der Waals surface area contributed by atoms with Gasteiger partial charge in [-0.1, -0.05) is 29.3 Å². The summed E-state index contributed by atoms with van der Waals surface area (Å²) in [7, 11) is 1.25. The maximum absolute atomic E-state index is 14.4. The van der Waals surface area contributed by atoms with Gasteiger partial charge in [0.1, 0.15) is 11.6 Å². The minimum Gasteiger partial charge on any atom is -0.478 e. The molecule has 0 aliphatic rings. The Morgan fingerprint density at radius 1 is 1.24 bits per heavy atom. The monoisotopic (exact) mass is 437 g/mol. The lowest BCUT2D eigenvalue weighted by molar-refractivity contribution is -0.147. The molecule has 0 radical (unpaired) electrons. The van der Waals surface area contributed by atoms with Crippen LogP contribution in [-0.2, 0) is 16.0 Å². The predicted octanol–water partition coefficient (Wildman–Crippen LogP) is 4.81. The number of rotatable bonds is 5. The Morgan fingerprint density at radius 3 is 2.62 bits per heavy atom. The number of aryl methyl sites for hydroxylation is 1. The molecule has 29 heavy (non-hydrogen) atoms. The van der Waals surface area contributed by atoms with E-state index in [4.69, 9.17) is 27.9 Å². The number of esters is 1. The van der Waals surface area contributed by atoms with Gasteiger partial charge in [-0.3, -0.25) is 4.79 Å². The maximum Gasteiger partial charge on any atom is 0.346 e. The highest BCUT2D eigenvalue weighted by Crippen LogP contribution is 2.32. The van der Waals surface area contributed by atoms with Crippen molar-refractivity contribution < 1.29 is 18.7 Å². The average Bonchev–Trinajstić information content (AvgIpc) is 2.68. The first kappa shape index (κ1) is 21.1. The van der Waals surface area contributed by atoms with Crippen LogP contribution in [0.25, 0.3) is 10.9 Å². The number of aromatic amines is 1. The molecule has 0 aliphatic heterocycles. The van der Waals surface area contributed by atoms with Crippen molar-refractivity contribution in [3.63, 3.8) is 0 Å². The second-order valence-corrected chi connectivity index (χ2v) is 7.39. The zero-order valence-corrected chi connectivity index (χ0v) is 17.4. The van der Waals surface area contributed by atoms with Crippen molar-refractivity contribution in [2.24, 2.45) is 0 Å². The van der Waals surface area contributed by atoms with Gasteiger partial charge >= 0.3 is 5.97 Å². The second-order valence-electron chi connectivity index (χ2n) is 6.55. The molecule has 0 spiro atoms. The fourth-order valence-corrected chi connectivity index (χ4v) is 3.61. The quantitative estimate of drug-likeness (QED) is 0.581. The van der Waals surface area contributed by atoms with Gasteiger partial charge in [-0.15, -0.1) is 0 Å². The van der Waals surface area contributed by atoms with Crippen LogP contribution in [0.5, 0.6) is 5.75 Å². The van der Waals surface area contributed by atoms with E-state index in [0.717, 1.165) is 0 Å². The number of ether oxygens (including phenoxy) is 2. The van der Waals surface area contributed by atoms with Gasteiger partial charge in [0.25, 0.3) is 5.56 Å². The second kappa shape index (κ2) is 8.43. The number of carbonyl (C=O) groups is 1. The standard InChI is InChI=1S/C21H18Cl2FNO4/c1-10-14(8-12-4-5-13(22)9-15(12)23)20(26)25-19-16(24)6-7-17(18(10)19)29-11(2)21(27)28-3/h4-7,9,11H,8H2,1-3H3,(H,25,26)/t11-/m1/s1. The molecule has 0 saturated heterocycles. The molecule has 0 amide bonds. The number of benzene rings is 2. The predicted molar refractivity (Wildman–Crippen MR) is 111 cm³/mol. The van der Waals surface area contributed by atoms with Crippen LogP contribution in [0.4, 0.5) is 4.39 Å². The molecule has 152 valence electrons. The summed E-state index contributed by atoms with van der Waals surface area (Å²) in [6.45, 7) is 3.22. The summed E-state index contributed by atoms with van der Waals surface area (Å²) in [5.74, 6) is -0.913. The number of fused-ring (bicyclic) bond motifs is 1. The summed E-state index contributed by atoms with van der Waals surface area (Å²) in [5.41, 5.74) is 1.21. The molecule has 0 unspecified atom stereocenters. The fourth-order valence-electron chi connectivity index (χ4n) is 3.13. The molecule has 1 N–H and O–H groups in total. The number of hydrogen-bond acceptors (Lipinski definition) is 4. The molecular weight excluding hydrogens is 420 g/mol. The Kier molecular flexibility index (Phi) is 6.15. The number of pyridine rings is 1. The molecule has 0 saturated carbocycles. The van der Waals surface area contributed by atoms with Gasteiger partial charge in [-0.25, -0.2) is 9.18 Å². The van der Waals surface area contributed by atoms with E-state index in [2.05, 4.69) is 9.72 Å². The van der Waals surface area contributed by atoms with Crippen LogP contribution in [0, 0.1) is 12.7 Å². The molecule has 3 rings (SSSR count). The average molecular weight is 438 g/mol. The Morgan fingerprint density at radius 2 is 1.97 bits per heavy atom. The molecular formula is C21H18Cl2FNO4. The van der Waals surface area contributed by atoms with E-state index in [1.54, 1.807) is 25.1 Å². The normalized spacial score (nSPS) is 12.1. The molecule has 8 heteroatoms. The van der Waals surface area contributed by atoms with Crippen LogP contribution in [0.2, 0.25) is 10.0 Å². The van der Waals surface area contributed by atoms with Gasteiger partial charge in [0, 0.05) is 27.4 Å². The number of halogens is 3. The molecule has 2 aromatic carbocycles. The Balaban J connectivity index is 2.16. The lowest BCUT2D eigenvalue weighted by Crippen LogP contribution is -2.25. The topological polar surface area (TPSA) is 68.4 Å². The molecule has 3 aromatic rings. The third-order valence-electron chi connectivity index (χ3n) is 4.68. The molecule has 1 aromatic heterocycles. The lowest BCUT2D eigenvalue weighted by atomic mass is 9.98. The smallest absolute Gasteiger partial charge is 0.346 e. The highest BCUT2D eigenvalue weighted by molar-refractivity contribution is 6.35. The molecule has 0 fully saturated rings. The van der Waals surface area contributed by atoms with Crippen molar-refractivity contribution in [3.05, 3.63) is 73.2 Å². The third kappa shape index (κ3) is 4.23. The maximum atomic E-state index is 14.4. The largest absolute Gasteiger partial charge is 0.478 e. The van der Waals surface area contributed by atoms with Gasteiger partial charge in [0.05, 0.1) is 12.6 Å². The van der Waals surface area contributed by atoms with Crippen molar-refractivity contribution >= 4 is 40.1 Å². The summed E-state index contributed by atoms with van der Waals surface area (Å²) in [4.78, 5) is 27.0. The fraction of sp³-hybridized carbons (Fsp3) is 0.238. The van der Waals surface area contributed by atoms with E-state index in [9.17, 15) is 14.0 Å². The first-order chi connectivity index (χ1) is 13.7. The van der Waals surface area contributed by atoms with Crippen LogP contribution < -0.4 is 10.3 Å². The minimum absolute atomic E-state index is 0.00742. The van der Waals surface area contributed by atoms with Crippen molar-refractivity contribution in [2.45, 2.75) is 26.4 Å². The van der Waals surface area contributed by atoms with Gasteiger partial charge in [0.15, 0.2) is 6.10 Å². The molecule has 1 heterocycles. The highest BCUT2D eigenvalue weighted by atomic mass is 35.5. The number of hydrogen-bond donors (Lipinski definition) is 1. The van der Waals surface area contributed by atoms with E-state index < -0.39 is 23.4 Å². The first-order valence-corrected chi connectivity index (χ1v) is 9.51. The SMILES string of the molecule is COC(=O)[C@@H](C)Oc1ccc(F)c2[nH]c(=O)c(Cc3ccc(Cl)cc3Cl)c(C)c12. The van der Waals surface area contributed by atoms with Crippen LogP contribution in [0.1, 0.15) is 23.6 Å². The summed E-state index contributed by atoms with van der Waals surface area (Å²) in [6, 6.07) is 7.60. The van der Waals surface area contributed by atoms with Gasteiger partial charge in [-0.2, -0.15) is 0 Å². The van der Waals surface area contributed by atoms with Crippen LogP contribution in [0.15, 0.2) is 35.1 Å². The summed E-state index contributed by atoms with van der Waals surface area (Å²) < 4.78 is 24.8. The van der Waals surface area contributed by atoms with Crippen molar-refractivity contribution in [1.29, 1.82) is 0 Å². The molecule has 1 atom stereocenters. The van der Waals surface area contributed by atoms with E-state index in [1.807, 2.05) is 0 Å². The van der Waals surface area contributed by atoms with E-state index >= 15 is 0 Å². The minimum atomic E-state index is -0.908. The first-order valence-electron chi connectivity index (χ1n) is 8.75. The van der Waals surface area contributed by atoms with Gasteiger partial charge < -0.3 is 14.5 Å². The lowest BCUT2D eigenvalue weighted by Gasteiger charge is -2.17. The number of carbonyl (C=O) groups excluding carboxylic acids is 1. The number of methoxy groups -OCH3 is 1. The zero-order chi connectivity index (χ0) is 21.3. The summed E-state index contributed by atoms with van der Waals surface area (Å²) in [6.07, 6.45) is -0.690. The summed E-state index contributed by atoms with van der Waals surface area (Å²) in [5, 5.41) is 1.28. The summed E-state index contributed by atoms with van der Waals surface area (Å²) >= 11 is 12.2. The van der Waals surface area contributed by atoms with E-state index in [-0.39, 0.29) is 17.7 Å². The molecule has 0 aliphatic carbocycles. The van der Waals surface area contributed by atoms with E-state index in [0.29, 0.717) is 32.1 Å². The van der Waals surface area contributed by atoms with Crippen molar-refractivity contribution in [3.8, 4) is 5.75 Å². The Labute approximate surface area is 176 Å². The number of H-pyrrole nitrogens is 1. The highest BCUT2D eigenvalue weighted by Gasteiger charge is 2.21. The van der Waals surface area contributed by atoms with Gasteiger partial charge in [-0.05, 0) is 49.2 Å². The number of nitrogens with one attached hydrogen (secondary N) is 1. The zero-order valence-electron chi connectivity index (χ0n) is 15.9. The van der Waals surface area contributed by atoms with E-state index in [1.165, 1.54) is 26.2 Å². The van der Waals surface area contributed by atoms with Crippen molar-refractivity contribution in [2.75, 3.05) is 7.11 Å². The van der Waals surface area contributed by atoms with Gasteiger partial charge in [0.2, 0.25) is 0 Å². The Bertz CT molecular complexity index is 1160. The molecule has 0 bridgehead atoms. The number of aromatic nitrogens is 1. The third-order valence-corrected chi connectivity index (χ3v) is 5.26. The van der Waals surface area contributed by atoms with Crippen LogP contribution in [0.3, 0.4) is 0 Å². The van der Waals surface area contributed by atoms with Crippen LogP contribution >= 0.6 is 23.2 Å². The van der Waals surface area contributed by atoms with Crippen molar-refractivity contribution in [1.82, 2.24) is 4.98 Å². The Hall–Kier alpha value is -2.57. The van der Waals surface area contributed by atoms with Crippen LogP contribution in [-0.4, -0.2) is 24.2 Å². The molecule has 5 nitrogen and oxygen atoms in total.